The summed E-state index contributed by atoms with van der Waals surface area (Å²) in [6, 6.07) is 0. The molecular weight excluding hydrogens is 336 g/mol. The Bertz CT molecular complexity index is 534. The van der Waals surface area contributed by atoms with Crippen LogP contribution in [0.2, 0.25) is 0 Å². The van der Waals surface area contributed by atoms with Gasteiger partial charge in [-0.2, -0.15) is 5.10 Å². The predicted octanol–water partition coefficient (Wildman–Crippen LogP) is 3.45. The molecule has 2 bridgehead atoms. The number of carbonyl (C=O) groups is 2. The van der Waals surface area contributed by atoms with Gasteiger partial charge >= 0.3 is 12.1 Å². The Labute approximate surface area is 155 Å². The molecule has 146 valence electrons. The van der Waals surface area contributed by atoms with Crippen molar-refractivity contribution in [2.24, 2.45) is 16.9 Å². The first kappa shape index (κ1) is 20.4. The van der Waals surface area contributed by atoms with Crippen molar-refractivity contribution in [1.29, 1.82) is 0 Å². The van der Waals surface area contributed by atoms with Crippen LogP contribution in [0.5, 0.6) is 0 Å². The van der Waals surface area contributed by atoms with Crippen LogP contribution in [0.4, 0.5) is 4.79 Å². The molecule has 0 aromatic carbocycles. The number of rotatable bonds is 10. The minimum Gasteiger partial charge on any atom is -0.481 e. The summed E-state index contributed by atoms with van der Waals surface area (Å²) in [5.41, 5.74) is 0. The van der Waals surface area contributed by atoms with Gasteiger partial charge in [0.2, 0.25) is 0 Å². The molecule has 2 aliphatic rings. The Morgan fingerprint density at radius 1 is 1.31 bits per heavy atom. The Morgan fingerprint density at radius 3 is 2.81 bits per heavy atom. The molecule has 7 heteroatoms. The van der Waals surface area contributed by atoms with Crippen molar-refractivity contribution in [2.45, 2.75) is 64.1 Å². The lowest BCUT2D eigenvalue weighted by Gasteiger charge is -2.24. The highest BCUT2D eigenvalue weighted by molar-refractivity contribution is 5.70. The number of aliphatic carboxylic acids is 1. The van der Waals surface area contributed by atoms with Gasteiger partial charge in [-0.3, -0.25) is 4.79 Å². The number of allylic oxidation sites excluding steroid dienone is 2. The molecule has 1 N–H and O–H groups in total. The Kier molecular flexibility index (Phi) is 8.09. The van der Waals surface area contributed by atoms with Gasteiger partial charge in [0.25, 0.3) is 0 Å². The van der Waals surface area contributed by atoms with Gasteiger partial charge in [-0.05, 0) is 44.4 Å². The third-order valence-corrected chi connectivity index (χ3v) is 4.93. The van der Waals surface area contributed by atoms with Gasteiger partial charge in [0.15, 0.2) is 0 Å². The molecule has 7 nitrogen and oxygen atoms in total. The van der Waals surface area contributed by atoms with E-state index < -0.39 is 12.1 Å². The standard InChI is InChI=1S/C19H30N2O5/c1-3-12-25-19(24)21(2)20-13-15-14(16-10-11-17(15)26-16)8-6-4-5-7-9-18(22)23/h4,6,13-17H,3,5,7-12H2,1-2H3,(H,22,23)/t14-,15-,16-,17+/m1/s1. The first-order valence-corrected chi connectivity index (χ1v) is 9.49. The number of ether oxygens (including phenoxy) is 2. The van der Waals surface area contributed by atoms with Crippen LogP contribution in [0, 0.1) is 11.8 Å². The molecule has 2 rings (SSSR count). The molecule has 4 atom stereocenters. The quantitative estimate of drug-likeness (QED) is 0.277. The number of fused-ring (bicyclic) bond motifs is 2. The van der Waals surface area contributed by atoms with E-state index in [2.05, 4.69) is 17.3 Å². The smallest absolute Gasteiger partial charge is 0.430 e. The summed E-state index contributed by atoms with van der Waals surface area (Å²) in [5.74, 6) is -0.204. The maximum Gasteiger partial charge on any atom is 0.430 e. The first-order chi connectivity index (χ1) is 12.5. The van der Waals surface area contributed by atoms with Gasteiger partial charge in [-0.25, -0.2) is 9.80 Å². The number of hydrogen-bond donors (Lipinski definition) is 1. The van der Waals surface area contributed by atoms with Crippen molar-refractivity contribution >= 4 is 18.3 Å². The summed E-state index contributed by atoms with van der Waals surface area (Å²) in [4.78, 5) is 22.3. The van der Waals surface area contributed by atoms with Crippen molar-refractivity contribution in [3.8, 4) is 0 Å². The third kappa shape index (κ3) is 5.83. The van der Waals surface area contributed by atoms with Crippen LogP contribution in [0.25, 0.3) is 0 Å². The normalized spacial score (nSPS) is 27.5. The molecule has 2 saturated heterocycles. The Morgan fingerprint density at radius 2 is 2.08 bits per heavy atom. The SMILES string of the molecule is CCCOC(=O)N(C)N=C[C@@H]1[C@@H](CC=CCCCC(=O)O)[C@H]2CC[C@@H]1O2. The fourth-order valence-corrected chi connectivity index (χ4v) is 3.58. The minimum absolute atomic E-state index is 0.175. The van der Waals surface area contributed by atoms with Gasteiger partial charge < -0.3 is 14.6 Å². The van der Waals surface area contributed by atoms with Crippen LogP contribution >= 0.6 is 0 Å². The molecule has 0 spiro atoms. The summed E-state index contributed by atoms with van der Waals surface area (Å²) >= 11 is 0. The maximum absolute atomic E-state index is 11.8. The highest BCUT2D eigenvalue weighted by Crippen LogP contribution is 2.44. The number of nitrogens with zero attached hydrogens (tertiary/aromatic N) is 2. The summed E-state index contributed by atoms with van der Waals surface area (Å²) < 4.78 is 11.1. The van der Waals surface area contributed by atoms with Crippen LogP contribution in [-0.2, 0) is 14.3 Å². The van der Waals surface area contributed by atoms with E-state index in [1.165, 1.54) is 5.01 Å². The summed E-state index contributed by atoms with van der Waals surface area (Å²) in [5, 5.41) is 14.2. The largest absolute Gasteiger partial charge is 0.481 e. The fourth-order valence-electron chi connectivity index (χ4n) is 3.58. The Balaban J connectivity index is 1.83. The summed E-state index contributed by atoms with van der Waals surface area (Å²) in [6.45, 7) is 2.34. The topological polar surface area (TPSA) is 88.4 Å². The second-order valence-electron chi connectivity index (χ2n) is 6.93. The molecule has 2 aliphatic heterocycles. The fraction of sp³-hybridized carbons (Fsp3) is 0.737. The van der Waals surface area contributed by atoms with E-state index in [0.29, 0.717) is 18.9 Å². The van der Waals surface area contributed by atoms with E-state index in [1.54, 1.807) is 7.05 Å². The molecule has 1 amide bonds. The maximum atomic E-state index is 11.8. The number of hydrogen-bond acceptors (Lipinski definition) is 5. The average Bonchev–Trinajstić information content (AvgIpc) is 3.21. The van der Waals surface area contributed by atoms with Crippen LogP contribution in [0.15, 0.2) is 17.3 Å². The van der Waals surface area contributed by atoms with Crippen LogP contribution < -0.4 is 0 Å². The van der Waals surface area contributed by atoms with E-state index in [1.807, 2.05) is 13.1 Å². The average molecular weight is 366 g/mol. The molecule has 0 aromatic heterocycles. The van der Waals surface area contributed by atoms with E-state index in [-0.39, 0.29) is 24.5 Å². The molecule has 0 aliphatic carbocycles. The second-order valence-corrected chi connectivity index (χ2v) is 6.93. The zero-order chi connectivity index (χ0) is 18.9. The van der Waals surface area contributed by atoms with Gasteiger partial charge in [0, 0.05) is 25.6 Å². The number of carbonyl (C=O) groups excluding carboxylic acids is 1. The van der Waals surface area contributed by atoms with Crippen molar-refractivity contribution in [3.05, 3.63) is 12.2 Å². The van der Waals surface area contributed by atoms with E-state index in [4.69, 9.17) is 14.6 Å². The highest BCUT2D eigenvalue weighted by atomic mass is 16.6. The lowest BCUT2D eigenvalue weighted by atomic mass is 9.78. The summed E-state index contributed by atoms with van der Waals surface area (Å²) in [7, 11) is 1.60. The first-order valence-electron chi connectivity index (χ1n) is 9.49. The lowest BCUT2D eigenvalue weighted by Crippen LogP contribution is -2.30. The molecule has 2 fully saturated rings. The van der Waals surface area contributed by atoms with Gasteiger partial charge in [0.05, 0.1) is 18.8 Å². The number of unbranched alkanes of at least 4 members (excludes halogenated alkanes) is 1. The molecular formula is C19H30N2O5. The molecule has 26 heavy (non-hydrogen) atoms. The number of carboxylic acid groups (broad SMARTS) is 1. The molecule has 0 saturated carbocycles. The number of carboxylic acids is 1. The van der Waals surface area contributed by atoms with Gasteiger partial charge in [0.1, 0.15) is 0 Å². The van der Waals surface area contributed by atoms with Crippen LogP contribution in [0.3, 0.4) is 0 Å². The lowest BCUT2D eigenvalue weighted by molar-refractivity contribution is -0.137. The number of hydrazone groups is 1. The van der Waals surface area contributed by atoms with Crippen molar-refractivity contribution < 1.29 is 24.2 Å². The van der Waals surface area contributed by atoms with Gasteiger partial charge in [-0.15, -0.1) is 0 Å². The van der Waals surface area contributed by atoms with Crippen molar-refractivity contribution in [3.63, 3.8) is 0 Å². The van der Waals surface area contributed by atoms with Crippen molar-refractivity contribution in [1.82, 2.24) is 5.01 Å². The zero-order valence-electron chi connectivity index (χ0n) is 15.7. The zero-order valence-corrected chi connectivity index (χ0v) is 15.7. The molecule has 2 heterocycles. The third-order valence-electron chi connectivity index (χ3n) is 4.93. The molecule has 0 aromatic rings. The Hall–Kier alpha value is -1.89. The van der Waals surface area contributed by atoms with Crippen molar-refractivity contribution in [2.75, 3.05) is 13.7 Å². The molecule has 0 unspecified atom stereocenters. The van der Waals surface area contributed by atoms with Gasteiger partial charge in [-0.1, -0.05) is 19.1 Å². The van der Waals surface area contributed by atoms with E-state index in [0.717, 1.165) is 32.1 Å². The van der Waals surface area contributed by atoms with Crippen LogP contribution in [-0.4, -0.2) is 54.3 Å². The molecule has 0 radical (unpaired) electrons. The van der Waals surface area contributed by atoms with E-state index >= 15 is 0 Å². The highest BCUT2D eigenvalue weighted by Gasteiger charge is 2.47. The van der Waals surface area contributed by atoms with Crippen LogP contribution in [0.1, 0.15) is 51.9 Å². The van der Waals surface area contributed by atoms with E-state index in [9.17, 15) is 9.59 Å². The number of amides is 1. The second kappa shape index (κ2) is 10.3. The summed E-state index contributed by atoms with van der Waals surface area (Å²) in [6.07, 6.45) is 11.4. The monoisotopic (exact) mass is 366 g/mol. The predicted molar refractivity (Wildman–Crippen MR) is 98.0 cm³/mol. The minimum atomic E-state index is -0.752.